The lowest BCUT2D eigenvalue weighted by molar-refractivity contribution is 0.603. The summed E-state index contributed by atoms with van der Waals surface area (Å²) >= 11 is 1.16. The van der Waals surface area contributed by atoms with Crippen LogP contribution in [0.1, 0.15) is 19.8 Å². The van der Waals surface area contributed by atoms with E-state index >= 15 is 0 Å². The zero-order chi connectivity index (χ0) is 15.3. The lowest BCUT2D eigenvalue weighted by atomic mass is 10.3. The van der Waals surface area contributed by atoms with Crippen LogP contribution in [0.5, 0.6) is 0 Å². The number of hydrogen-bond donors (Lipinski definition) is 1. The first kappa shape index (κ1) is 15.7. The third kappa shape index (κ3) is 4.15. The Hall–Kier alpha value is -1.67. The Morgan fingerprint density at radius 3 is 2.67 bits per heavy atom. The predicted octanol–water partition coefficient (Wildman–Crippen LogP) is 2.58. The van der Waals surface area contributed by atoms with Crippen molar-refractivity contribution in [3.8, 4) is 0 Å². The van der Waals surface area contributed by atoms with Gasteiger partial charge in [-0.3, -0.25) is 4.72 Å². The fraction of sp³-hybridized carbons (Fsp3) is 0.385. The molecule has 0 bridgehead atoms. The van der Waals surface area contributed by atoms with Crippen LogP contribution in [0.3, 0.4) is 0 Å². The summed E-state index contributed by atoms with van der Waals surface area (Å²) in [5, 5.41) is 9.69. The van der Waals surface area contributed by atoms with Gasteiger partial charge in [0, 0.05) is 13.6 Å². The zero-order valence-corrected chi connectivity index (χ0v) is 13.6. The molecule has 2 rings (SSSR count). The van der Waals surface area contributed by atoms with Gasteiger partial charge in [-0.1, -0.05) is 19.4 Å². The molecular weight excluding hydrogens is 308 g/mol. The Kier molecular flexibility index (Phi) is 5.13. The summed E-state index contributed by atoms with van der Waals surface area (Å²) in [6, 6.07) is 6.62. The standard InChI is InChI=1S/C13H18N4O2S2/c1-3-4-9-17(2)12-8-7-11(14-15-12)16-21(18,19)13-6-5-10-20-13/h5-8,10H,3-4,9H2,1-2H3,(H,14,16). The molecule has 6 nitrogen and oxygen atoms in total. The molecule has 0 unspecified atom stereocenters. The molecule has 21 heavy (non-hydrogen) atoms. The Balaban J connectivity index is 2.06. The maximum atomic E-state index is 12.0. The van der Waals surface area contributed by atoms with E-state index in [4.69, 9.17) is 0 Å². The number of rotatable bonds is 7. The molecule has 0 saturated heterocycles. The van der Waals surface area contributed by atoms with Crippen LogP contribution in [0.15, 0.2) is 33.9 Å². The highest BCUT2D eigenvalue weighted by Crippen LogP contribution is 2.19. The van der Waals surface area contributed by atoms with Crippen molar-refractivity contribution >= 4 is 33.0 Å². The number of nitrogens with one attached hydrogen (secondary N) is 1. The fourth-order valence-corrected chi connectivity index (χ4v) is 3.69. The van der Waals surface area contributed by atoms with Crippen LogP contribution >= 0.6 is 11.3 Å². The minimum Gasteiger partial charge on any atom is -0.358 e. The molecule has 8 heteroatoms. The van der Waals surface area contributed by atoms with E-state index in [0.717, 1.165) is 36.5 Å². The Morgan fingerprint density at radius 2 is 2.10 bits per heavy atom. The molecule has 0 aliphatic carbocycles. The average molecular weight is 326 g/mol. The normalized spacial score (nSPS) is 11.3. The van der Waals surface area contributed by atoms with E-state index in [2.05, 4.69) is 21.8 Å². The van der Waals surface area contributed by atoms with Crippen molar-refractivity contribution in [2.75, 3.05) is 23.2 Å². The van der Waals surface area contributed by atoms with E-state index in [0.29, 0.717) is 0 Å². The van der Waals surface area contributed by atoms with Crippen LogP contribution in [-0.4, -0.2) is 32.2 Å². The van der Waals surface area contributed by atoms with Gasteiger partial charge >= 0.3 is 0 Å². The summed E-state index contributed by atoms with van der Waals surface area (Å²) in [5.74, 6) is 0.943. The lowest BCUT2D eigenvalue weighted by Gasteiger charge is -2.17. The highest BCUT2D eigenvalue weighted by molar-refractivity contribution is 7.94. The summed E-state index contributed by atoms with van der Waals surface area (Å²) in [4.78, 5) is 1.99. The van der Waals surface area contributed by atoms with Crippen molar-refractivity contribution in [3.63, 3.8) is 0 Å². The van der Waals surface area contributed by atoms with E-state index in [1.54, 1.807) is 29.6 Å². The van der Waals surface area contributed by atoms with Crippen LogP contribution in [0.4, 0.5) is 11.6 Å². The second kappa shape index (κ2) is 6.86. The molecule has 0 radical (unpaired) electrons. The van der Waals surface area contributed by atoms with E-state index in [9.17, 15) is 8.42 Å². The SMILES string of the molecule is CCCCN(C)c1ccc(NS(=O)(=O)c2cccs2)nn1. The monoisotopic (exact) mass is 326 g/mol. The Morgan fingerprint density at radius 1 is 1.29 bits per heavy atom. The van der Waals surface area contributed by atoms with Crippen molar-refractivity contribution in [3.05, 3.63) is 29.6 Å². The van der Waals surface area contributed by atoms with Crippen molar-refractivity contribution in [2.24, 2.45) is 0 Å². The minimum absolute atomic E-state index is 0.219. The molecule has 0 spiro atoms. The molecule has 0 atom stereocenters. The number of unbranched alkanes of at least 4 members (excludes halogenated alkanes) is 1. The molecule has 1 N–H and O–H groups in total. The molecule has 0 amide bonds. The first-order valence-corrected chi connectivity index (χ1v) is 9.00. The molecule has 0 saturated carbocycles. The van der Waals surface area contributed by atoms with Gasteiger partial charge in [0.2, 0.25) is 0 Å². The van der Waals surface area contributed by atoms with Crippen molar-refractivity contribution in [1.82, 2.24) is 10.2 Å². The number of nitrogens with zero attached hydrogens (tertiary/aromatic N) is 3. The molecule has 0 fully saturated rings. The predicted molar refractivity (Wildman–Crippen MR) is 85.3 cm³/mol. The fourth-order valence-electron chi connectivity index (χ4n) is 1.70. The number of sulfonamides is 1. The third-order valence-corrected chi connectivity index (χ3v) is 5.64. The van der Waals surface area contributed by atoms with Crippen LogP contribution in [0, 0.1) is 0 Å². The largest absolute Gasteiger partial charge is 0.358 e. The summed E-state index contributed by atoms with van der Waals surface area (Å²) in [5.41, 5.74) is 0. The van der Waals surface area contributed by atoms with Gasteiger partial charge in [-0.25, -0.2) is 8.42 Å². The van der Waals surface area contributed by atoms with Crippen LogP contribution in [-0.2, 0) is 10.0 Å². The molecule has 114 valence electrons. The molecule has 2 heterocycles. The van der Waals surface area contributed by atoms with Gasteiger partial charge in [0.05, 0.1) is 0 Å². The summed E-state index contributed by atoms with van der Waals surface area (Å²) in [6.07, 6.45) is 2.18. The van der Waals surface area contributed by atoms with Crippen LogP contribution in [0.2, 0.25) is 0 Å². The topological polar surface area (TPSA) is 75.2 Å². The minimum atomic E-state index is -3.56. The van der Waals surface area contributed by atoms with Crippen molar-refractivity contribution in [2.45, 2.75) is 24.0 Å². The first-order chi connectivity index (χ1) is 10.0. The van der Waals surface area contributed by atoms with Gasteiger partial charge in [0.1, 0.15) is 4.21 Å². The summed E-state index contributed by atoms with van der Waals surface area (Å²) in [6.45, 7) is 3.02. The molecule has 2 aromatic rings. The van der Waals surface area contributed by atoms with Gasteiger partial charge < -0.3 is 4.90 Å². The van der Waals surface area contributed by atoms with E-state index < -0.39 is 10.0 Å². The van der Waals surface area contributed by atoms with Crippen LogP contribution in [0.25, 0.3) is 0 Å². The van der Waals surface area contributed by atoms with Gasteiger partial charge in [-0.05, 0) is 30.0 Å². The van der Waals surface area contributed by atoms with Gasteiger partial charge in [-0.2, -0.15) is 0 Å². The highest BCUT2D eigenvalue weighted by Gasteiger charge is 2.16. The number of aromatic nitrogens is 2. The van der Waals surface area contributed by atoms with Crippen molar-refractivity contribution < 1.29 is 8.42 Å². The van der Waals surface area contributed by atoms with Gasteiger partial charge in [0.25, 0.3) is 10.0 Å². The number of anilines is 2. The van der Waals surface area contributed by atoms with Crippen LogP contribution < -0.4 is 9.62 Å². The number of hydrogen-bond acceptors (Lipinski definition) is 6. The van der Waals surface area contributed by atoms with Crippen molar-refractivity contribution in [1.29, 1.82) is 0 Å². The third-order valence-electron chi connectivity index (χ3n) is 2.89. The first-order valence-electron chi connectivity index (χ1n) is 6.64. The summed E-state index contributed by atoms with van der Waals surface area (Å²) in [7, 11) is -1.63. The Bertz CT molecular complexity index is 654. The molecule has 2 aromatic heterocycles. The maximum absolute atomic E-state index is 12.0. The highest BCUT2D eigenvalue weighted by atomic mass is 32.2. The number of thiophene rings is 1. The second-order valence-electron chi connectivity index (χ2n) is 4.59. The summed E-state index contributed by atoms with van der Waals surface area (Å²) < 4.78 is 26.8. The molecule has 0 aliphatic heterocycles. The quantitative estimate of drug-likeness (QED) is 0.846. The van der Waals surface area contributed by atoms with E-state index in [1.807, 2.05) is 11.9 Å². The molecule has 0 aliphatic rings. The smallest absolute Gasteiger partial charge is 0.272 e. The van der Waals surface area contributed by atoms with E-state index in [1.165, 1.54) is 0 Å². The molecule has 0 aromatic carbocycles. The zero-order valence-electron chi connectivity index (χ0n) is 12.0. The Labute approximate surface area is 128 Å². The average Bonchev–Trinajstić information content (AvgIpc) is 3.00. The maximum Gasteiger partial charge on any atom is 0.272 e. The lowest BCUT2D eigenvalue weighted by Crippen LogP contribution is -2.20. The van der Waals surface area contributed by atoms with Gasteiger partial charge in [0.15, 0.2) is 11.6 Å². The van der Waals surface area contributed by atoms with E-state index in [-0.39, 0.29) is 10.0 Å². The van der Waals surface area contributed by atoms with Gasteiger partial charge in [-0.15, -0.1) is 21.5 Å². The molecular formula is C13H18N4O2S2. The second-order valence-corrected chi connectivity index (χ2v) is 7.45.